The minimum atomic E-state index is -0.643. The molecular weight excluding hydrogens is 398 g/mol. The van der Waals surface area contributed by atoms with Gasteiger partial charge < -0.3 is 14.2 Å². The molecule has 5 nitrogen and oxygen atoms in total. The summed E-state index contributed by atoms with van der Waals surface area (Å²) in [5.41, 5.74) is 2.34. The molecule has 0 aliphatic heterocycles. The number of hydrogen-bond acceptors (Lipinski definition) is 4. The van der Waals surface area contributed by atoms with Gasteiger partial charge in [-0.05, 0) is 43.2 Å². The van der Waals surface area contributed by atoms with E-state index in [0.717, 1.165) is 15.6 Å². The average Bonchev–Trinajstić information content (AvgIpc) is 2.52. The van der Waals surface area contributed by atoms with Crippen LogP contribution >= 0.6 is 27.5 Å². The first-order valence-corrected chi connectivity index (χ1v) is 8.20. The molecule has 24 heavy (non-hydrogen) atoms. The van der Waals surface area contributed by atoms with Gasteiger partial charge in [0.15, 0.2) is 0 Å². The van der Waals surface area contributed by atoms with Crippen molar-refractivity contribution in [1.29, 1.82) is 0 Å². The molecule has 0 aliphatic rings. The van der Waals surface area contributed by atoms with Crippen molar-refractivity contribution in [1.82, 2.24) is 0 Å². The van der Waals surface area contributed by atoms with Crippen LogP contribution in [-0.4, -0.2) is 20.3 Å². The Morgan fingerprint density at radius 1 is 1.04 bits per heavy atom. The second kappa shape index (κ2) is 7.77. The molecule has 1 N–H and O–H groups in total. The highest BCUT2D eigenvalue weighted by Gasteiger charge is 2.14. The number of carbonyl (C=O) groups excluding carboxylic acids is 1. The zero-order valence-electron chi connectivity index (χ0n) is 13.7. The Hall–Kier alpha value is -1.92. The third kappa shape index (κ3) is 4.13. The molecule has 0 heterocycles. The minimum absolute atomic E-state index is 0.351. The molecule has 0 bridgehead atoms. The average molecular weight is 415 g/mol. The Balaban J connectivity index is 2.20. The number of nitrogens with one attached hydrogen (secondary N) is 1. The Morgan fingerprint density at radius 3 is 2.17 bits per heavy atom. The van der Waals surface area contributed by atoms with Crippen LogP contribution in [0.2, 0.25) is 5.02 Å². The summed E-state index contributed by atoms with van der Waals surface area (Å²) in [5, 5.41) is 2.97. The van der Waals surface area contributed by atoms with Crippen LogP contribution < -0.4 is 19.5 Å². The lowest BCUT2D eigenvalue weighted by molar-refractivity contribution is 0.215. The number of hydrogen-bond donors (Lipinski definition) is 1. The zero-order valence-corrected chi connectivity index (χ0v) is 16.0. The number of anilines is 1. The number of methoxy groups -OCH3 is 2. The number of benzene rings is 2. The van der Waals surface area contributed by atoms with E-state index in [1.54, 1.807) is 24.3 Å². The molecule has 128 valence electrons. The lowest BCUT2D eigenvalue weighted by Gasteiger charge is -2.13. The van der Waals surface area contributed by atoms with Crippen molar-refractivity contribution in [2.45, 2.75) is 13.8 Å². The predicted molar refractivity (Wildman–Crippen MR) is 97.8 cm³/mol. The van der Waals surface area contributed by atoms with Crippen molar-refractivity contribution in [3.8, 4) is 17.2 Å². The molecule has 1 amide bonds. The Kier molecular flexibility index (Phi) is 5.96. The lowest BCUT2D eigenvalue weighted by atomic mass is 10.1. The second-order valence-corrected chi connectivity index (χ2v) is 6.27. The summed E-state index contributed by atoms with van der Waals surface area (Å²) < 4.78 is 16.7. The van der Waals surface area contributed by atoms with Gasteiger partial charge >= 0.3 is 6.09 Å². The van der Waals surface area contributed by atoms with E-state index in [0.29, 0.717) is 28.0 Å². The largest absolute Gasteiger partial charge is 0.495 e. The van der Waals surface area contributed by atoms with E-state index in [1.807, 2.05) is 13.8 Å². The number of amides is 1. The van der Waals surface area contributed by atoms with Crippen LogP contribution in [0.15, 0.2) is 28.7 Å². The molecule has 0 aliphatic carbocycles. The standard InChI is InChI=1S/C17H17BrClNO4/c1-9-5-11(6-10(2)16(9)18)24-17(21)20-13-7-12(19)14(22-3)8-15(13)23-4/h5-8H,1-4H3,(H,20,21). The molecule has 0 atom stereocenters. The summed E-state index contributed by atoms with van der Waals surface area (Å²) in [6, 6.07) is 6.67. The summed E-state index contributed by atoms with van der Waals surface area (Å²) in [6.07, 6.45) is -0.643. The highest BCUT2D eigenvalue weighted by atomic mass is 79.9. The summed E-state index contributed by atoms with van der Waals surface area (Å²) in [6.45, 7) is 3.85. The summed E-state index contributed by atoms with van der Waals surface area (Å²) in [7, 11) is 2.99. The highest BCUT2D eigenvalue weighted by Crippen LogP contribution is 2.36. The Morgan fingerprint density at radius 2 is 1.62 bits per heavy atom. The first kappa shape index (κ1) is 18.4. The maximum absolute atomic E-state index is 12.1. The van der Waals surface area contributed by atoms with E-state index in [4.69, 9.17) is 25.8 Å². The summed E-state index contributed by atoms with van der Waals surface area (Å²) >= 11 is 9.56. The molecule has 2 aromatic rings. The van der Waals surface area contributed by atoms with Gasteiger partial charge in [-0.2, -0.15) is 0 Å². The molecule has 2 rings (SSSR count). The number of ether oxygens (including phenoxy) is 3. The van der Waals surface area contributed by atoms with Gasteiger partial charge in [-0.25, -0.2) is 4.79 Å². The first-order chi connectivity index (χ1) is 11.3. The third-order valence-corrected chi connectivity index (χ3v) is 4.88. The molecule has 0 fully saturated rings. The maximum atomic E-state index is 12.1. The molecule has 0 radical (unpaired) electrons. The smallest absolute Gasteiger partial charge is 0.417 e. The fraction of sp³-hybridized carbons (Fsp3) is 0.235. The van der Waals surface area contributed by atoms with E-state index >= 15 is 0 Å². The van der Waals surface area contributed by atoms with Crippen LogP contribution in [0, 0.1) is 13.8 Å². The summed E-state index contributed by atoms with van der Waals surface area (Å²) in [5.74, 6) is 1.31. The van der Waals surface area contributed by atoms with Gasteiger partial charge in [0, 0.05) is 10.5 Å². The SMILES string of the molecule is COc1cc(OC)c(NC(=O)Oc2cc(C)c(Br)c(C)c2)cc1Cl. The Labute approximate surface area is 154 Å². The molecule has 0 unspecified atom stereocenters. The normalized spacial score (nSPS) is 10.2. The van der Waals surface area contributed by atoms with Crippen molar-refractivity contribution < 1.29 is 19.0 Å². The number of halogens is 2. The predicted octanol–water partition coefficient (Wildman–Crippen LogP) is 5.35. The summed E-state index contributed by atoms with van der Waals surface area (Å²) in [4.78, 5) is 12.1. The van der Waals surface area contributed by atoms with Gasteiger partial charge in [0.1, 0.15) is 17.2 Å². The molecule has 0 saturated carbocycles. The van der Waals surface area contributed by atoms with Crippen molar-refractivity contribution in [3.05, 3.63) is 44.9 Å². The molecular formula is C17H17BrClNO4. The third-order valence-electron chi connectivity index (χ3n) is 3.33. The minimum Gasteiger partial charge on any atom is -0.495 e. The van der Waals surface area contributed by atoms with Crippen LogP contribution in [0.25, 0.3) is 0 Å². The van der Waals surface area contributed by atoms with Crippen molar-refractivity contribution in [2.24, 2.45) is 0 Å². The van der Waals surface area contributed by atoms with Crippen LogP contribution in [-0.2, 0) is 0 Å². The molecule has 7 heteroatoms. The van der Waals surface area contributed by atoms with Crippen LogP contribution in [0.5, 0.6) is 17.2 Å². The van der Waals surface area contributed by atoms with Gasteiger partial charge in [-0.1, -0.05) is 27.5 Å². The maximum Gasteiger partial charge on any atom is 0.417 e. The van der Waals surface area contributed by atoms with Gasteiger partial charge in [-0.3, -0.25) is 5.32 Å². The number of aryl methyl sites for hydroxylation is 2. The topological polar surface area (TPSA) is 56.8 Å². The van der Waals surface area contributed by atoms with Crippen LogP contribution in [0.4, 0.5) is 10.5 Å². The van der Waals surface area contributed by atoms with Crippen LogP contribution in [0.3, 0.4) is 0 Å². The van der Waals surface area contributed by atoms with E-state index in [1.165, 1.54) is 14.2 Å². The van der Waals surface area contributed by atoms with E-state index in [-0.39, 0.29) is 0 Å². The molecule has 0 aromatic heterocycles. The second-order valence-electron chi connectivity index (χ2n) is 5.07. The van der Waals surface area contributed by atoms with Crippen LogP contribution in [0.1, 0.15) is 11.1 Å². The monoisotopic (exact) mass is 413 g/mol. The number of carbonyl (C=O) groups is 1. The fourth-order valence-corrected chi connectivity index (χ4v) is 2.64. The van der Waals surface area contributed by atoms with E-state index in [2.05, 4.69) is 21.2 Å². The van der Waals surface area contributed by atoms with Gasteiger partial charge in [-0.15, -0.1) is 0 Å². The highest BCUT2D eigenvalue weighted by molar-refractivity contribution is 9.10. The fourth-order valence-electron chi connectivity index (χ4n) is 2.17. The van der Waals surface area contributed by atoms with E-state index < -0.39 is 6.09 Å². The van der Waals surface area contributed by atoms with Crippen molar-refractivity contribution >= 4 is 39.3 Å². The first-order valence-electron chi connectivity index (χ1n) is 7.02. The number of rotatable bonds is 4. The molecule has 2 aromatic carbocycles. The molecule has 0 spiro atoms. The van der Waals surface area contributed by atoms with Gasteiger partial charge in [0.2, 0.25) is 0 Å². The van der Waals surface area contributed by atoms with Gasteiger partial charge in [0.25, 0.3) is 0 Å². The molecule has 0 saturated heterocycles. The zero-order chi connectivity index (χ0) is 17.9. The lowest BCUT2D eigenvalue weighted by Crippen LogP contribution is -2.17. The van der Waals surface area contributed by atoms with Gasteiger partial charge in [0.05, 0.1) is 24.9 Å². The van der Waals surface area contributed by atoms with Crippen molar-refractivity contribution in [3.63, 3.8) is 0 Å². The van der Waals surface area contributed by atoms with Crippen molar-refractivity contribution in [2.75, 3.05) is 19.5 Å². The Bertz CT molecular complexity index is 756. The quantitative estimate of drug-likeness (QED) is 0.733. The van der Waals surface area contributed by atoms with E-state index in [9.17, 15) is 4.79 Å².